The van der Waals surface area contributed by atoms with Crippen molar-refractivity contribution in [2.75, 3.05) is 6.61 Å². The van der Waals surface area contributed by atoms with E-state index in [1.54, 1.807) is 13.8 Å². The minimum absolute atomic E-state index is 0.128. The molecule has 33 heavy (non-hydrogen) atoms. The van der Waals surface area contributed by atoms with Gasteiger partial charge in [-0.3, -0.25) is 9.59 Å². The molecule has 1 atom stereocenters. The molecule has 0 aliphatic heterocycles. The van der Waals surface area contributed by atoms with E-state index < -0.39 is 30.1 Å². The van der Waals surface area contributed by atoms with Crippen LogP contribution < -0.4 is 10.6 Å². The molecule has 1 fully saturated rings. The average Bonchev–Trinajstić information content (AvgIpc) is 2.81. The summed E-state index contributed by atoms with van der Waals surface area (Å²) in [4.78, 5) is 37.7. The van der Waals surface area contributed by atoms with Gasteiger partial charge in [0.05, 0.1) is 12.5 Å². The zero-order valence-corrected chi connectivity index (χ0v) is 19.2. The number of rotatable bonds is 8. The van der Waals surface area contributed by atoms with E-state index in [4.69, 9.17) is 4.74 Å². The second kappa shape index (κ2) is 11.0. The number of amides is 2. The first-order valence-corrected chi connectivity index (χ1v) is 11.5. The average molecular weight is 450 g/mol. The summed E-state index contributed by atoms with van der Waals surface area (Å²) in [6.07, 6.45) is 4.13. The minimum atomic E-state index is -0.883. The van der Waals surface area contributed by atoms with Gasteiger partial charge in [0, 0.05) is 0 Å². The third kappa shape index (κ3) is 6.32. The van der Waals surface area contributed by atoms with Gasteiger partial charge in [-0.15, -0.1) is 0 Å². The van der Waals surface area contributed by atoms with Crippen molar-refractivity contribution < 1.29 is 19.1 Å². The van der Waals surface area contributed by atoms with Crippen LogP contribution >= 0.6 is 0 Å². The first-order chi connectivity index (χ1) is 15.8. The van der Waals surface area contributed by atoms with Crippen LogP contribution in [0, 0.1) is 17.2 Å². The molecule has 0 saturated heterocycles. The summed E-state index contributed by atoms with van der Waals surface area (Å²) in [5, 5.41) is 17.0. The third-order valence-electron chi connectivity index (χ3n) is 6.11. The molecule has 2 amide bonds. The molecule has 0 unspecified atom stereocenters. The first kappa shape index (κ1) is 24.2. The Morgan fingerprint density at radius 2 is 1.73 bits per heavy atom. The highest BCUT2D eigenvalue weighted by Crippen LogP contribution is 2.27. The molecule has 7 nitrogen and oxygen atoms in total. The molecule has 7 heteroatoms. The van der Waals surface area contributed by atoms with E-state index in [0.29, 0.717) is 12.8 Å². The summed E-state index contributed by atoms with van der Waals surface area (Å²) in [5.41, 5.74) is -0.0126. The van der Waals surface area contributed by atoms with Crippen LogP contribution in [0.25, 0.3) is 10.8 Å². The van der Waals surface area contributed by atoms with Gasteiger partial charge in [-0.1, -0.05) is 75.6 Å². The molecule has 0 heterocycles. The normalized spacial score (nSPS) is 15.9. The smallest absolute Gasteiger partial charge is 0.329 e. The van der Waals surface area contributed by atoms with Gasteiger partial charge in [0.2, 0.25) is 5.91 Å². The number of carbonyl (C=O) groups is 3. The summed E-state index contributed by atoms with van der Waals surface area (Å²) in [7, 11) is 0. The van der Waals surface area contributed by atoms with E-state index >= 15 is 0 Å². The van der Waals surface area contributed by atoms with E-state index in [1.165, 1.54) is 0 Å². The minimum Gasteiger partial charge on any atom is -0.454 e. The van der Waals surface area contributed by atoms with Crippen LogP contribution in [0.4, 0.5) is 0 Å². The zero-order valence-electron chi connectivity index (χ0n) is 19.2. The Morgan fingerprint density at radius 3 is 2.42 bits per heavy atom. The van der Waals surface area contributed by atoms with Crippen molar-refractivity contribution in [2.45, 2.75) is 64.0 Å². The highest BCUT2D eigenvalue weighted by Gasteiger charge is 2.34. The zero-order chi connectivity index (χ0) is 23.8. The lowest BCUT2D eigenvalue weighted by Crippen LogP contribution is -2.51. The summed E-state index contributed by atoms with van der Waals surface area (Å²) in [6, 6.07) is 14.9. The summed E-state index contributed by atoms with van der Waals surface area (Å²) >= 11 is 0. The summed E-state index contributed by atoms with van der Waals surface area (Å²) in [5.74, 6) is -1.68. The maximum absolute atomic E-state index is 12.7. The lowest BCUT2D eigenvalue weighted by molar-refractivity contribution is -0.153. The fraction of sp³-hybridized carbons (Fsp3) is 0.462. The van der Waals surface area contributed by atoms with Crippen molar-refractivity contribution in [2.24, 2.45) is 5.92 Å². The fourth-order valence-corrected chi connectivity index (χ4v) is 4.29. The highest BCUT2D eigenvalue weighted by atomic mass is 16.5. The highest BCUT2D eigenvalue weighted by molar-refractivity contribution is 5.92. The van der Waals surface area contributed by atoms with Gasteiger partial charge in [-0.05, 0) is 35.1 Å². The predicted molar refractivity (Wildman–Crippen MR) is 125 cm³/mol. The predicted octanol–water partition coefficient (Wildman–Crippen LogP) is 3.41. The molecule has 0 aromatic heterocycles. The van der Waals surface area contributed by atoms with E-state index in [0.717, 1.165) is 35.6 Å². The van der Waals surface area contributed by atoms with Gasteiger partial charge in [0.1, 0.15) is 11.6 Å². The Morgan fingerprint density at radius 1 is 1.03 bits per heavy atom. The van der Waals surface area contributed by atoms with Gasteiger partial charge < -0.3 is 15.4 Å². The Bertz CT molecular complexity index is 1050. The molecule has 1 aliphatic carbocycles. The maximum Gasteiger partial charge on any atom is 0.329 e. The van der Waals surface area contributed by atoms with Crippen LogP contribution in [0.1, 0.15) is 51.5 Å². The number of esters is 1. The topological polar surface area (TPSA) is 108 Å². The van der Waals surface area contributed by atoms with Crippen molar-refractivity contribution in [3.05, 3.63) is 48.0 Å². The number of fused-ring (bicyclic) bond motifs is 1. The van der Waals surface area contributed by atoms with Crippen molar-refractivity contribution >= 4 is 28.6 Å². The quantitative estimate of drug-likeness (QED) is 0.601. The van der Waals surface area contributed by atoms with Gasteiger partial charge >= 0.3 is 5.97 Å². The van der Waals surface area contributed by atoms with Gasteiger partial charge in [0.25, 0.3) is 5.91 Å². The van der Waals surface area contributed by atoms with Crippen molar-refractivity contribution in [1.29, 1.82) is 5.26 Å². The molecule has 2 N–H and O–H groups in total. The Kier molecular flexibility index (Phi) is 8.05. The third-order valence-corrected chi connectivity index (χ3v) is 6.11. The molecule has 0 radical (unpaired) electrons. The number of carbonyl (C=O) groups excluding carboxylic acids is 3. The second-order valence-corrected chi connectivity index (χ2v) is 9.01. The molecule has 1 aliphatic rings. The van der Waals surface area contributed by atoms with Crippen LogP contribution in [0.15, 0.2) is 42.5 Å². The molecular formula is C26H31N3O4. The first-order valence-electron chi connectivity index (χ1n) is 11.5. The Balaban J connectivity index is 1.56. The van der Waals surface area contributed by atoms with Gasteiger partial charge in [0.15, 0.2) is 6.61 Å². The largest absolute Gasteiger partial charge is 0.454 e. The number of nitrogens with zero attached hydrogens (tertiary/aromatic N) is 1. The lowest BCUT2D eigenvalue weighted by Gasteiger charge is -2.31. The standard InChI is InChI=1S/C26H31N3O4/c1-18(2)24(25(32)33-16-23(31)29-26(17-27)13-6-3-7-14-26)28-22(30)15-20-11-8-10-19-9-4-5-12-21(19)20/h4-5,8-12,18,24H,3,6-7,13-16H2,1-2H3,(H,28,30)(H,29,31)/t24-/m1/s1. The summed E-state index contributed by atoms with van der Waals surface area (Å²) in [6.45, 7) is 3.12. The molecule has 174 valence electrons. The monoisotopic (exact) mass is 449 g/mol. The number of hydrogen-bond donors (Lipinski definition) is 2. The van der Waals surface area contributed by atoms with E-state index in [-0.39, 0.29) is 18.2 Å². The summed E-state index contributed by atoms with van der Waals surface area (Å²) < 4.78 is 5.20. The van der Waals surface area contributed by atoms with Crippen LogP contribution in [0.2, 0.25) is 0 Å². The molecule has 2 aromatic rings. The van der Waals surface area contributed by atoms with E-state index in [1.807, 2.05) is 42.5 Å². The van der Waals surface area contributed by atoms with Gasteiger partial charge in [-0.2, -0.15) is 5.26 Å². The molecule has 3 rings (SSSR count). The van der Waals surface area contributed by atoms with Crippen LogP contribution in [0.5, 0.6) is 0 Å². The van der Waals surface area contributed by atoms with E-state index in [2.05, 4.69) is 16.7 Å². The number of benzene rings is 2. The lowest BCUT2D eigenvalue weighted by atomic mass is 9.83. The number of nitrogens with one attached hydrogen (secondary N) is 2. The SMILES string of the molecule is CC(C)[C@@H](NC(=O)Cc1cccc2ccccc12)C(=O)OCC(=O)NC1(C#N)CCCCC1. The van der Waals surface area contributed by atoms with Crippen molar-refractivity contribution in [1.82, 2.24) is 10.6 Å². The molecular weight excluding hydrogens is 418 g/mol. The Hall–Kier alpha value is -3.40. The van der Waals surface area contributed by atoms with Crippen molar-refractivity contribution in [3.63, 3.8) is 0 Å². The second-order valence-electron chi connectivity index (χ2n) is 9.01. The Labute approximate surface area is 194 Å². The van der Waals surface area contributed by atoms with Crippen LogP contribution in [-0.2, 0) is 25.5 Å². The van der Waals surface area contributed by atoms with Crippen LogP contribution in [0.3, 0.4) is 0 Å². The molecule has 0 spiro atoms. The molecule has 2 aromatic carbocycles. The molecule has 1 saturated carbocycles. The number of ether oxygens (including phenoxy) is 1. The van der Waals surface area contributed by atoms with E-state index in [9.17, 15) is 19.6 Å². The number of nitriles is 1. The fourth-order valence-electron chi connectivity index (χ4n) is 4.29. The van der Waals surface area contributed by atoms with Crippen molar-refractivity contribution in [3.8, 4) is 6.07 Å². The van der Waals surface area contributed by atoms with Crippen LogP contribution in [-0.4, -0.2) is 36.0 Å². The number of hydrogen-bond acceptors (Lipinski definition) is 5. The van der Waals surface area contributed by atoms with Gasteiger partial charge in [-0.25, -0.2) is 4.79 Å². The maximum atomic E-state index is 12.7. The molecule has 0 bridgehead atoms.